The summed E-state index contributed by atoms with van der Waals surface area (Å²) in [5.41, 5.74) is 10.2. The number of likely N-dealkylation sites (tertiary alicyclic amines) is 1. The lowest BCUT2D eigenvalue weighted by Crippen LogP contribution is -2.32. The molecule has 0 spiro atoms. The van der Waals surface area contributed by atoms with E-state index in [1.807, 2.05) is 66.4 Å². The van der Waals surface area contributed by atoms with Gasteiger partial charge in [-0.2, -0.15) is 0 Å². The van der Waals surface area contributed by atoms with E-state index in [4.69, 9.17) is 0 Å². The molecule has 3 nitrogen and oxygen atoms in total. The van der Waals surface area contributed by atoms with Crippen molar-refractivity contribution in [3.8, 4) is 0 Å². The zero-order valence-electron chi connectivity index (χ0n) is 24.2. The van der Waals surface area contributed by atoms with Gasteiger partial charge in [0.15, 0.2) is 0 Å². The summed E-state index contributed by atoms with van der Waals surface area (Å²) in [4.78, 5) is 16.3. The van der Waals surface area contributed by atoms with Gasteiger partial charge in [-0.05, 0) is 83.2 Å². The van der Waals surface area contributed by atoms with Crippen LogP contribution in [-0.2, 0) is 4.79 Å². The summed E-state index contributed by atoms with van der Waals surface area (Å²) in [6.45, 7) is 3.29. The normalized spacial score (nSPS) is 14.5. The van der Waals surface area contributed by atoms with Crippen LogP contribution in [0.15, 0.2) is 120 Å². The fourth-order valence-corrected chi connectivity index (χ4v) is 6.76. The highest BCUT2D eigenvalue weighted by molar-refractivity contribution is 7.99. The Labute approximate surface area is 265 Å². The van der Waals surface area contributed by atoms with Crippen molar-refractivity contribution >= 4 is 59.6 Å². The van der Waals surface area contributed by atoms with E-state index in [1.165, 1.54) is 27.8 Å². The first-order valence-electron chi connectivity index (χ1n) is 14.8. The molecule has 1 saturated heterocycles. The average molecular weight is 605 g/mol. The van der Waals surface area contributed by atoms with Crippen molar-refractivity contribution in [2.75, 3.05) is 30.7 Å². The molecular weight excluding hydrogens is 568 g/mol. The van der Waals surface area contributed by atoms with E-state index in [0.29, 0.717) is 0 Å². The Kier molecular flexibility index (Phi) is 10.7. The molecule has 1 N–H and O–H groups in total. The van der Waals surface area contributed by atoms with Crippen LogP contribution in [0.5, 0.6) is 0 Å². The van der Waals surface area contributed by atoms with Crippen LogP contribution in [0, 0.1) is 0 Å². The zero-order chi connectivity index (χ0) is 28.6. The summed E-state index contributed by atoms with van der Waals surface area (Å²) >= 11 is 1.82. The smallest absolute Gasteiger partial charge is 0.248 e. The molecule has 0 aromatic heterocycles. The van der Waals surface area contributed by atoms with Crippen LogP contribution >= 0.6 is 24.2 Å². The minimum Gasteiger partial charge on any atom is -0.321 e. The van der Waals surface area contributed by atoms with Crippen LogP contribution in [0.1, 0.15) is 47.1 Å². The van der Waals surface area contributed by atoms with E-state index < -0.39 is 0 Å². The lowest BCUT2D eigenvalue weighted by atomic mass is 9.86. The van der Waals surface area contributed by atoms with Gasteiger partial charge in [0, 0.05) is 24.1 Å². The fraction of sp³-hybridized carbons (Fsp3) is 0.184. The van der Waals surface area contributed by atoms with Crippen LogP contribution in [0.2, 0.25) is 0 Å². The Morgan fingerprint density at radius 3 is 2.07 bits per heavy atom. The lowest BCUT2D eigenvalue weighted by molar-refractivity contribution is -0.111. The standard InChI is InChI=1S/C38H36N2OS.ClH/c41-37(22-19-29-11-2-1-3-12-29)39-35-17-8-9-18-36(35)42-28-10-25-40-26-23-32(24-27-40)38-33-15-6-4-13-30(33)20-21-31-14-5-7-16-34(31)38;/h1-9,11-22H,10,23-28H2,(H,39,41);1H/b22-19+;. The van der Waals surface area contributed by atoms with Crippen LogP contribution in [0.25, 0.3) is 23.8 Å². The number of amides is 1. The van der Waals surface area contributed by atoms with Crippen molar-refractivity contribution in [1.29, 1.82) is 0 Å². The number of carbonyl (C=O) groups is 1. The number of rotatable bonds is 8. The number of fused-ring (bicyclic) bond motifs is 2. The molecule has 0 unspecified atom stereocenters. The number of hydrogen-bond donors (Lipinski definition) is 1. The molecule has 6 rings (SSSR count). The van der Waals surface area contributed by atoms with Crippen molar-refractivity contribution in [2.24, 2.45) is 0 Å². The molecule has 1 fully saturated rings. The summed E-state index contributed by atoms with van der Waals surface area (Å²) in [5, 5.41) is 3.06. The second-order valence-electron chi connectivity index (χ2n) is 10.8. The second-order valence-corrected chi connectivity index (χ2v) is 11.9. The number of para-hydroxylation sites is 1. The molecule has 1 aliphatic heterocycles. The summed E-state index contributed by atoms with van der Waals surface area (Å²) in [6.07, 6.45) is 11.3. The van der Waals surface area contributed by atoms with Crippen LogP contribution in [0.4, 0.5) is 5.69 Å². The minimum absolute atomic E-state index is 0. The third kappa shape index (κ3) is 7.77. The predicted molar refractivity (Wildman–Crippen MR) is 187 cm³/mol. The van der Waals surface area contributed by atoms with Gasteiger partial charge >= 0.3 is 0 Å². The molecule has 1 heterocycles. The zero-order valence-corrected chi connectivity index (χ0v) is 25.9. The van der Waals surface area contributed by atoms with Gasteiger partial charge in [-0.25, -0.2) is 0 Å². The molecule has 0 radical (unpaired) electrons. The summed E-state index contributed by atoms with van der Waals surface area (Å²) in [5.74, 6) is 0.906. The first kappa shape index (κ1) is 30.6. The Balaban J connectivity index is 0.00000368. The number of nitrogens with one attached hydrogen (secondary N) is 1. The SMILES string of the molecule is Cl.O=C(/C=C/c1ccccc1)Nc1ccccc1SCCCN1CCC(=C2c3ccccc3C=Cc3ccccc32)CC1. The summed E-state index contributed by atoms with van der Waals surface area (Å²) in [6, 6.07) is 35.6. The molecule has 4 aromatic rings. The maximum absolute atomic E-state index is 12.5. The van der Waals surface area contributed by atoms with Gasteiger partial charge in [0.25, 0.3) is 0 Å². The predicted octanol–water partition coefficient (Wildman–Crippen LogP) is 9.32. The van der Waals surface area contributed by atoms with Crippen LogP contribution in [-0.4, -0.2) is 36.2 Å². The van der Waals surface area contributed by atoms with E-state index >= 15 is 0 Å². The highest BCUT2D eigenvalue weighted by Crippen LogP contribution is 2.38. The number of piperidine rings is 1. The molecule has 0 atom stereocenters. The molecular formula is C38H37ClN2OS. The van der Waals surface area contributed by atoms with E-state index in [0.717, 1.165) is 60.8 Å². The molecule has 1 aliphatic carbocycles. The Bertz CT molecular complexity index is 1580. The number of thioether (sulfide) groups is 1. The number of hydrogen-bond acceptors (Lipinski definition) is 3. The highest BCUT2D eigenvalue weighted by atomic mass is 35.5. The third-order valence-electron chi connectivity index (χ3n) is 7.96. The number of benzene rings is 4. The first-order valence-corrected chi connectivity index (χ1v) is 15.8. The van der Waals surface area contributed by atoms with Crippen LogP contribution < -0.4 is 5.32 Å². The van der Waals surface area contributed by atoms with Crippen LogP contribution in [0.3, 0.4) is 0 Å². The monoisotopic (exact) mass is 604 g/mol. The van der Waals surface area contributed by atoms with Crippen molar-refractivity contribution < 1.29 is 4.79 Å². The van der Waals surface area contributed by atoms with E-state index in [-0.39, 0.29) is 18.3 Å². The molecule has 218 valence electrons. The molecule has 1 amide bonds. The Morgan fingerprint density at radius 1 is 0.767 bits per heavy atom. The topological polar surface area (TPSA) is 32.3 Å². The van der Waals surface area contributed by atoms with Gasteiger partial charge in [-0.3, -0.25) is 4.79 Å². The van der Waals surface area contributed by atoms with E-state index in [2.05, 4.69) is 77.0 Å². The number of halogens is 1. The molecule has 43 heavy (non-hydrogen) atoms. The van der Waals surface area contributed by atoms with Gasteiger partial charge in [0.2, 0.25) is 5.91 Å². The molecule has 0 saturated carbocycles. The summed E-state index contributed by atoms with van der Waals surface area (Å²) in [7, 11) is 0. The molecule has 2 aliphatic rings. The van der Waals surface area contributed by atoms with E-state index in [1.54, 1.807) is 11.6 Å². The van der Waals surface area contributed by atoms with E-state index in [9.17, 15) is 4.79 Å². The van der Waals surface area contributed by atoms with Crippen molar-refractivity contribution in [1.82, 2.24) is 4.90 Å². The maximum atomic E-state index is 12.5. The van der Waals surface area contributed by atoms with Crippen molar-refractivity contribution in [3.05, 3.63) is 143 Å². The summed E-state index contributed by atoms with van der Waals surface area (Å²) < 4.78 is 0. The van der Waals surface area contributed by atoms with Crippen molar-refractivity contribution in [2.45, 2.75) is 24.2 Å². The Morgan fingerprint density at radius 2 is 1.37 bits per heavy atom. The Hall–Kier alpha value is -3.83. The molecule has 4 aromatic carbocycles. The average Bonchev–Trinajstić information content (AvgIpc) is 3.21. The fourth-order valence-electron chi connectivity index (χ4n) is 5.82. The number of nitrogens with zero attached hydrogens (tertiary/aromatic N) is 1. The van der Waals surface area contributed by atoms with Gasteiger partial charge in [-0.1, -0.05) is 109 Å². The quantitative estimate of drug-likeness (QED) is 0.109. The van der Waals surface area contributed by atoms with Gasteiger partial charge in [0.1, 0.15) is 0 Å². The second kappa shape index (κ2) is 15.1. The minimum atomic E-state index is -0.111. The molecule has 0 bridgehead atoms. The highest BCUT2D eigenvalue weighted by Gasteiger charge is 2.22. The van der Waals surface area contributed by atoms with Gasteiger partial charge in [-0.15, -0.1) is 24.2 Å². The maximum Gasteiger partial charge on any atom is 0.248 e. The van der Waals surface area contributed by atoms with Gasteiger partial charge < -0.3 is 10.2 Å². The first-order chi connectivity index (χ1) is 20.7. The lowest BCUT2D eigenvalue weighted by Gasteiger charge is -2.30. The number of anilines is 1. The van der Waals surface area contributed by atoms with Crippen molar-refractivity contribution in [3.63, 3.8) is 0 Å². The van der Waals surface area contributed by atoms with Gasteiger partial charge in [0.05, 0.1) is 5.69 Å². The molecule has 5 heteroatoms. The largest absolute Gasteiger partial charge is 0.321 e. The number of carbonyl (C=O) groups excluding carboxylic acids is 1. The third-order valence-corrected chi connectivity index (χ3v) is 9.12.